The number of nitrogens with zero attached hydrogens (tertiary/aromatic N) is 1. The lowest BCUT2D eigenvalue weighted by Crippen LogP contribution is -2.16. The molecule has 0 saturated carbocycles. The number of aryl methyl sites for hydroxylation is 1. The second-order valence-corrected chi connectivity index (χ2v) is 3.99. The SMILES string of the molecule is Cc1[nH]ncc1NC(=O)O[C@H](C)c1ccccc1. The third-order valence-corrected chi connectivity index (χ3v) is 2.62. The summed E-state index contributed by atoms with van der Waals surface area (Å²) in [6.45, 7) is 3.65. The molecule has 0 saturated heterocycles. The van der Waals surface area contributed by atoms with Crippen LogP contribution in [0.5, 0.6) is 0 Å². The maximum absolute atomic E-state index is 11.7. The van der Waals surface area contributed by atoms with Crippen molar-refractivity contribution in [2.24, 2.45) is 0 Å². The van der Waals surface area contributed by atoms with Crippen molar-refractivity contribution in [1.29, 1.82) is 0 Å². The van der Waals surface area contributed by atoms with Crippen molar-refractivity contribution in [3.63, 3.8) is 0 Å². The molecule has 2 aromatic rings. The summed E-state index contributed by atoms with van der Waals surface area (Å²) in [5, 5.41) is 9.19. The van der Waals surface area contributed by atoms with Crippen LogP contribution in [0.15, 0.2) is 36.5 Å². The minimum absolute atomic E-state index is 0.293. The van der Waals surface area contributed by atoms with Crippen LogP contribution in [0.4, 0.5) is 10.5 Å². The van der Waals surface area contributed by atoms with Crippen molar-refractivity contribution in [2.75, 3.05) is 5.32 Å². The third-order valence-electron chi connectivity index (χ3n) is 2.62. The quantitative estimate of drug-likeness (QED) is 0.873. The molecule has 18 heavy (non-hydrogen) atoms. The summed E-state index contributed by atoms with van der Waals surface area (Å²) in [6, 6.07) is 9.58. The predicted octanol–water partition coefficient (Wildman–Crippen LogP) is 3.03. The molecule has 1 heterocycles. The summed E-state index contributed by atoms with van der Waals surface area (Å²) in [7, 11) is 0. The van der Waals surface area contributed by atoms with E-state index >= 15 is 0 Å². The van der Waals surface area contributed by atoms with E-state index in [1.54, 1.807) is 6.20 Å². The molecule has 0 aliphatic carbocycles. The summed E-state index contributed by atoms with van der Waals surface area (Å²) in [5.74, 6) is 0. The molecule has 0 unspecified atom stereocenters. The van der Waals surface area contributed by atoms with E-state index in [-0.39, 0.29) is 6.10 Å². The number of aromatic nitrogens is 2. The summed E-state index contributed by atoms with van der Waals surface area (Å²) >= 11 is 0. The Morgan fingerprint density at radius 3 is 2.72 bits per heavy atom. The van der Waals surface area contributed by atoms with Gasteiger partial charge in [0, 0.05) is 0 Å². The molecular weight excluding hydrogens is 230 g/mol. The number of carbonyl (C=O) groups is 1. The summed E-state index contributed by atoms with van der Waals surface area (Å²) < 4.78 is 5.27. The van der Waals surface area contributed by atoms with Crippen molar-refractivity contribution >= 4 is 11.8 Å². The van der Waals surface area contributed by atoms with Crippen LogP contribution in [0.25, 0.3) is 0 Å². The summed E-state index contributed by atoms with van der Waals surface area (Å²) in [6.07, 6.45) is 0.762. The molecule has 5 nitrogen and oxygen atoms in total. The molecule has 0 fully saturated rings. The van der Waals surface area contributed by atoms with Crippen molar-refractivity contribution in [2.45, 2.75) is 20.0 Å². The summed E-state index contributed by atoms with van der Waals surface area (Å²) in [4.78, 5) is 11.7. The van der Waals surface area contributed by atoms with Crippen molar-refractivity contribution < 1.29 is 9.53 Å². The molecule has 0 spiro atoms. The maximum atomic E-state index is 11.7. The van der Waals surface area contributed by atoms with E-state index < -0.39 is 6.09 Å². The fourth-order valence-corrected chi connectivity index (χ4v) is 1.57. The van der Waals surface area contributed by atoms with Crippen LogP contribution in [-0.2, 0) is 4.74 Å². The largest absolute Gasteiger partial charge is 0.441 e. The Labute approximate surface area is 105 Å². The smallest absolute Gasteiger partial charge is 0.412 e. The van der Waals surface area contributed by atoms with Gasteiger partial charge in [0.1, 0.15) is 6.10 Å². The number of nitrogens with one attached hydrogen (secondary N) is 2. The molecule has 1 aromatic carbocycles. The highest BCUT2D eigenvalue weighted by Crippen LogP contribution is 2.17. The zero-order valence-electron chi connectivity index (χ0n) is 10.3. The van der Waals surface area contributed by atoms with Crippen LogP contribution >= 0.6 is 0 Å². The van der Waals surface area contributed by atoms with Gasteiger partial charge in [-0.2, -0.15) is 5.10 Å². The van der Waals surface area contributed by atoms with Gasteiger partial charge in [-0.25, -0.2) is 4.79 Å². The number of anilines is 1. The number of hydrogen-bond acceptors (Lipinski definition) is 3. The number of hydrogen-bond donors (Lipinski definition) is 2. The molecule has 0 bridgehead atoms. The lowest BCUT2D eigenvalue weighted by Gasteiger charge is -2.13. The first kappa shape index (κ1) is 12.2. The number of carbonyl (C=O) groups excluding carboxylic acids is 1. The molecule has 2 rings (SSSR count). The minimum atomic E-state index is -0.490. The normalized spacial score (nSPS) is 11.9. The first-order valence-electron chi connectivity index (χ1n) is 5.69. The topological polar surface area (TPSA) is 67.0 Å². The molecule has 0 aliphatic rings. The average Bonchev–Trinajstić information content (AvgIpc) is 2.76. The lowest BCUT2D eigenvalue weighted by molar-refractivity contribution is 0.121. The first-order valence-corrected chi connectivity index (χ1v) is 5.69. The van der Waals surface area contributed by atoms with E-state index in [2.05, 4.69) is 15.5 Å². The van der Waals surface area contributed by atoms with E-state index in [1.807, 2.05) is 44.2 Å². The standard InChI is InChI=1S/C13H15N3O2/c1-9-12(8-14-16-9)15-13(17)18-10(2)11-6-4-3-5-7-11/h3-8,10H,1-2H3,(H,14,16)(H,15,17)/t10-/m1/s1. The Kier molecular flexibility index (Phi) is 3.62. The fraction of sp³-hybridized carbons (Fsp3) is 0.231. The van der Waals surface area contributed by atoms with E-state index in [0.29, 0.717) is 5.69 Å². The number of H-pyrrole nitrogens is 1. The summed E-state index contributed by atoms with van der Waals surface area (Å²) in [5.41, 5.74) is 2.37. The lowest BCUT2D eigenvalue weighted by atomic mass is 10.1. The van der Waals surface area contributed by atoms with E-state index in [4.69, 9.17) is 4.74 Å². The first-order chi connectivity index (χ1) is 8.66. The van der Waals surface area contributed by atoms with Crippen molar-refractivity contribution in [3.05, 3.63) is 47.8 Å². The Hall–Kier alpha value is -2.30. The monoisotopic (exact) mass is 245 g/mol. The van der Waals surface area contributed by atoms with Gasteiger partial charge in [-0.15, -0.1) is 0 Å². The number of ether oxygens (including phenoxy) is 1. The number of aromatic amines is 1. The zero-order chi connectivity index (χ0) is 13.0. The van der Waals surface area contributed by atoms with Gasteiger partial charge in [0.15, 0.2) is 0 Å². The average molecular weight is 245 g/mol. The highest BCUT2D eigenvalue weighted by Gasteiger charge is 2.12. The number of amides is 1. The van der Waals surface area contributed by atoms with Gasteiger partial charge in [0.05, 0.1) is 17.6 Å². The van der Waals surface area contributed by atoms with Gasteiger partial charge in [-0.3, -0.25) is 10.4 Å². The van der Waals surface area contributed by atoms with Gasteiger partial charge in [0.25, 0.3) is 0 Å². The van der Waals surface area contributed by atoms with E-state index in [0.717, 1.165) is 11.3 Å². The molecule has 94 valence electrons. The molecule has 1 aromatic heterocycles. The molecule has 1 amide bonds. The van der Waals surface area contributed by atoms with Gasteiger partial charge >= 0.3 is 6.09 Å². The van der Waals surface area contributed by atoms with Gasteiger partial charge in [-0.1, -0.05) is 30.3 Å². The highest BCUT2D eigenvalue weighted by molar-refractivity contribution is 5.85. The minimum Gasteiger partial charge on any atom is -0.441 e. The van der Waals surface area contributed by atoms with Crippen LogP contribution < -0.4 is 5.32 Å². The molecule has 1 atom stereocenters. The third kappa shape index (κ3) is 2.88. The van der Waals surface area contributed by atoms with Crippen LogP contribution in [-0.4, -0.2) is 16.3 Å². The van der Waals surface area contributed by atoms with Crippen LogP contribution in [0.2, 0.25) is 0 Å². The Balaban J connectivity index is 1.94. The van der Waals surface area contributed by atoms with Crippen molar-refractivity contribution in [3.8, 4) is 0 Å². The number of rotatable bonds is 3. The van der Waals surface area contributed by atoms with Crippen LogP contribution in [0.3, 0.4) is 0 Å². The number of benzene rings is 1. The maximum Gasteiger partial charge on any atom is 0.412 e. The fourth-order valence-electron chi connectivity index (χ4n) is 1.57. The van der Waals surface area contributed by atoms with Crippen LogP contribution in [0, 0.1) is 6.92 Å². The van der Waals surface area contributed by atoms with E-state index in [1.165, 1.54) is 0 Å². The molecule has 0 radical (unpaired) electrons. The molecule has 5 heteroatoms. The second-order valence-electron chi connectivity index (χ2n) is 3.99. The molecule has 2 N–H and O–H groups in total. The van der Waals surface area contributed by atoms with Crippen LogP contribution in [0.1, 0.15) is 24.3 Å². The predicted molar refractivity (Wildman–Crippen MR) is 68.3 cm³/mol. The molecular formula is C13H15N3O2. The van der Waals surface area contributed by atoms with Crippen molar-refractivity contribution in [1.82, 2.24) is 10.2 Å². The Morgan fingerprint density at radius 1 is 1.39 bits per heavy atom. The van der Waals surface area contributed by atoms with E-state index in [9.17, 15) is 4.79 Å². The second kappa shape index (κ2) is 5.35. The molecule has 0 aliphatic heterocycles. The van der Waals surface area contributed by atoms with Gasteiger partial charge < -0.3 is 4.74 Å². The van der Waals surface area contributed by atoms with Gasteiger partial charge in [0.2, 0.25) is 0 Å². The Bertz CT molecular complexity index is 522. The zero-order valence-corrected chi connectivity index (χ0v) is 10.3. The van der Waals surface area contributed by atoms with Gasteiger partial charge in [-0.05, 0) is 19.4 Å². The highest BCUT2D eigenvalue weighted by atomic mass is 16.6. The Morgan fingerprint density at radius 2 is 2.11 bits per heavy atom.